The predicted octanol–water partition coefficient (Wildman–Crippen LogP) is 1.81. The Morgan fingerprint density at radius 1 is 1.40 bits per heavy atom. The second-order valence-electron chi connectivity index (χ2n) is 5.50. The Morgan fingerprint density at radius 3 is 2.90 bits per heavy atom. The van der Waals surface area contributed by atoms with Gasteiger partial charge in [0.15, 0.2) is 0 Å². The van der Waals surface area contributed by atoms with Gasteiger partial charge in [0.1, 0.15) is 5.69 Å². The first-order valence-corrected chi connectivity index (χ1v) is 7.40. The topological polar surface area (TPSA) is 63.2 Å². The Hall–Kier alpha value is -1.62. The second kappa shape index (κ2) is 5.79. The Balaban J connectivity index is 1.60. The maximum Gasteiger partial charge on any atom is 0.270 e. The Bertz CT molecular complexity index is 471. The number of hydrogen-bond acceptors (Lipinski definition) is 4. The van der Waals surface area contributed by atoms with Crippen LogP contribution in [-0.4, -0.2) is 36.2 Å². The summed E-state index contributed by atoms with van der Waals surface area (Å²) in [4.78, 5) is 16.4. The SMILES string of the molecule is CCNc1ccc(C(=O)NC2CCOC2C2CC2)nc1. The number of amides is 1. The molecule has 1 saturated heterocycles. The lowest BCUT2D eigenvalue weighted by atomic mass is 10.1. The molecule has 2 N–H and O–H groups in total. The highest BCUT2D eigenvalue weighted by molar-refractivity contribution is 5.92. The summed E-state index contributed by atoms with van der Waals surface area (Å²) in [7, 11) is 0. The fourth-order valence-electron chi connectivity index (χ4n) is 2.73. The first-order chi connectivity index (χ1) is 9.78. The van der Waals surface area contributed by atoms with Crippen LogP contribution in [0.4, 0.5) is 5.69 Å². The van der Waals surface area contributed by atoms with Crippen LogP contribution in [0.15, 0.2) is 18.3 Å². The van der Waals surface area contributed by atoms with E-state index in [9.17, 15) is 4.79 Å². The normalized spacial score (nSPS) is 25.4. The third-order valence-corrected chi connectivity index (χ3v) is 3.92. The maximum absolute atomic E-state index is 12.2. The summed E-state index contributed by atoms with van der Waals surface area (Å²) in [6.07, 6.45) is 5.27. The lowest BCUT2D eigenvalue weighted by Gasteiger charge is -2.19. The van der Waals surface area contributed by atoms with Crippen LogP contribution >= 0.6 is 0 Å². The van der Waals surface area contributed by atoms with E-state index in [-0.39, 0.29) is 18.1 Å². The van der Waals surface area contributed by atoms with Crippen LogP contribution in [0.5, 0.6) is 0 Å². The van der Waals surface area contributed by atoms with E-state index in [2.05, 4.69) is 15.6 Å². The lowest BCUT2D eigenvalue weighted by Crippen LogP contribution is -2.41. The molecule has 2 fully saturated rings. The van der Waals surface area contributed by atoms with Crippen molar-refractivity contribution in [3.8, 4) is 0 Å². The van der Waals surface area contributed by atoms with Crippen LogP contribution < -0.4 is 10.6 Å². The monoisotopic (exact) mass is 275 g/mol. The van der Waals surface area contributed by atoms with Crippen LogP contribution in [0, 0.1) is 5.92 Å². The number of pyridine rings is 1. The summed E-state index contributed by atoms with van der Waals surface area (Å²) in [6, 6.07) is 3.79. The van der Waals surface area contributed by atoms with Gasteiger partial charge < -0.3 is 15.4 Å². The highest BCUT2D eigenvalue weighted by Gasteiger charge is 2.41. The summed E-state index contributed by atoms with van der Waals surface area (Å²) in [6.45, 7) is 3.62. The van der Waals surface area contributed by atoms with Gasteiger partial charge in [-0.3, -0.25) is 4.79 Å². The van der Waals surface area contributed by atoms with Gasteiger partial charge in [-0.05, 0) is 44.2 Å². The highest BCUT2D eigenvalue weighted by Crippen LogP contribution is 2.38. The quantitative estimate of drug-likeness (QED) is 0.860. The first-order valence-electron chi connectivity index (χ1n) is 7.40. The molecule has 0 spiro atoms. The Morgan fingerprint density at radius 2 is 2.25 bits per heavy atom. The summed E-state index contributed by atoms with van der Waals surface area (Å²) in [5.74, 6) is 0.543. The van der Waals surface area contributed by atoms with Crippen molar-refractivity contribution in [2.75, 3.05) is 18.5 Å². The van der Waals surface area contributed by atoms with Crippen LogP contribution in [0.1, 0.15) is 36.7 Å². The van der Waals surface area contributed by atoms with E-state index in [1.54, 1.807) is 12.3 Å². The van der Waals surface area contributed by atoms with Crippen molar-refractivity contribution in [3.05, 3.63) is 24.0 Å². The zero-order valence-electron chi connectivity index (χ0n) is 11.8. The predicted molar refractivity (Wildman–Crippen MR) is 76.7 cm³/mol. The molecule has 5 heteroatoms. The zero-order valence-corrected chi connectivity index (χ0v) is 11.8. The molecule has 1 aromatic heterocycles. The third kappa shape index (κ3) is 2.93. The van der Waals surface area contributed by atoms with E-state index in [4.69, 9.17) is 4.74 Å². The molecule has 0 bridgehead atoms. The number of nitrogens with one attached hydrogen (secondary N) is 2. The van der Waals surface area contributed by atoms with Crippen molar-refractivity contribution < 1.29 is 9.53 Å². The minimum Gasteiger partial charge on any atom is -0.384 e. The van der Waals surface area contributed by atoms with Crippen LogP contribution in [0.25, 0.3) is 0 Å². The summed E-state index contributed by atoms with van der Waals surface area (Å²) in [5.41, 5.74) is 1.40. The van der Waals surface area contributed by atoms with Crippen molar-refractivity contribution in [3.63, 3.8) is 0 Å². The average molecular weight is 275 g/mol. The van der Waals surface area contributed by atoms with Crippen molar-refractivity contribution >= 4 is 11.6 Å². The molecular weight excluding hydrogens is 254 g/mol. The van der Waals surface area contributed by atoms with E-state index in [1.165, 1.54) is 12.8 Å². The molecule has 1 amide bonds. The molecular formula is C15H21N3O2. The Labute approximate surface area is 119 Å². The molecule has 1 saturated carbocycles. The van der Waals surface area contributed by atoms with E-state index in [0.29, 0.717) is 11.6 Å². The molecule has 3 rings (SSSR count). The fraction of sp³-hybridized carbons (Fsp3) is 0.600. The number of hydrogen-bond donors (Lipinski definition) is 2. The zero-order chi connectivity index (χ0) is 13.9. The number of aromatic nitrogens is 1. The van der Waals surface area contributed by atoms with Gasteiger partial charge in [-0.2, -0.15) is 0 Å². The molecule has 2 atom stereocenters. The van der Waals surface area contributed by atoms with Crippen LogP contribution in [0.2, 0.25) is 0 Å². The summed E-state index contributed by atoms with van der Waals surface area (Å²) >= 11 is 0. The Kier molecular flexibility index (Phi) is 3.87. The standard InChI is InChI=1S/C15H21N3O2/c1-2-16-11-5-6-13(17-9-11)15(19)18-12-7-8-20-14(12)10-3-4-10/h5-6,9-10,12,14,16H,2-4,7-8H2,1H3,(H,18,19). The second-order valence-corrected chi connectivity index (χ2v) is 5.50. The average Bonchev–Trinajstić information content (AvgIpc) is 3.20. The number of rotatable bonds is 5. The largest absolute Gasteiger partial charge is 0.384 e. The number of ether oxygens (including phenoxy) is 1. The van der Waals surface area contributed by atoms with Crippen molar-refractivity contribution in [1.29, 1.82) is 0 Å². The number of anilines is 1. The third-order valence-electron chi connectivity index (χ3n) is 3.92. The van der Waals surface area contributed by atoms with Gasteiger partial charge in [0.05, 0.1) is 24.0 Å². The number of nitrogens with zero attached hydrogens (tertiary/aromatic N) is 1. The minimum absolute atomic E-state index is 0.103. The van der Waals surface area contributed by atoms with Crippen molar-refractivity contribution in [2.24, 2.45) is 5.92 Å². The van der Waals surface area contributed by atoms with E-state index < -0.39 is 0 Å². The molecule has 108 valence electrons. The molecule has 2 aliphatic rings. The first kappa shape index (κ1) is 13.4. The van der Waals surface area contributed by atoms with Crippen LogP contribution in [0.3, 0.4) is 0 Å². The van der Waals surface area contributed by atoms with Gasteiger partial charge in [-0.1, -0.05) is 0 Å². The van der Waals surface area contributed by atoms with E-state index >= 15 is 0 Å². The lowest BCUT2D eigenvalue weighted by molar-refractivity contribution is 0.0727. The molecule has 1 aliphatic heterocycles. The molecule has 20 heavy (non-hydrogen) atoms. The van der Waals surface area contributed by atoms with Gasteiger partial charge >= 0.3 is 0 Å². The molecule has 2 unspecified atom stereocenters. The van der Waals surface area contributed by atoms with Crippen molar-refractivity contribution in [2.45, 2.75) is 38.3 Å². The van der Waals surface area contributed by atoms with E-state index in [0.717, 1.165) is 25.3 Å². The van der Waals surface area contributed by atoms with Gasteiger partial charge in [0.2, 0.25) is 0 Å². The molecule has 1 aromatic rings. The smallest absolute Gasteiger partial charge is 0.270 e. The molecule has 0 radical (unpaired) electrons. The molecule has 0 aromatic carbocycles. The summed E-state index contributed by atoms with van der Waals surface area (Å²) < 4.78 is 5.73. The number of carbonyl (C=O) groups is 1. The summed E-state index contributed by atoms with van der Waals surface area (Å²) in [5, 5.41) is 6.23. The van der Waals surface area contributed by atoms with Gasteiger partial charge in [-0.25, -0.2) is 4.98 Å². The molecule has 2 heterocycles. The van der Waals surface area contributed by atoms with Gasteiger partial charge in [0, 0.05) is 13.2 Å². The van der Waals surface area contributed by atoms with Gasteiger partial charge in [-0.15, -0.1) is 0 Å². The van der Waals surface area contributed by atoms with Crippen molar-refractivity contribution in [1.82, 2.24) is 10.3 Å². The van der Waals surface area contributed by atoms with E-state index in [1.807, 2.05) is 13.0 Å². The minimum atomic E-state index is -0.103. The highest BCUT2D eigenvalue weighted by atomic mass is 16.5. The van der Waals surface area contributed by atoms with Crippen LogP contribution in [-0.2, 0) is 4.74 Å². The fourth-order valence-corrected chi connectivity index (χ4v) is 2.73. The molecule has 1 aliphatic carbocycles. The number of carbonyl (C=O) groups excluding carboxylic acids is 1. The molecule has 5 nitrogen and oxygen atoms in total. The van der Waals surface area contributed by atoms with Gasteiger partial charge in [0.25, 0.3) is 5.91 Å². The maximum atomic E-state index is 12.2.